The van der Waals surface area contributed by atoms with Gasteiger partial charge in [-0.3, -0.25) is 4.98 Å². The summed E-state index contributed by atoms with van der Waals surface area (Å²) in [5.41, 5.74) is 2.33. The molecule has 0 saturated carbocycles. The van der Waals surface area contributed by atoms with Crippen LogP contribution in [0.4, 0.5) is 0 Å². The van der Waals surface area contributed by atoms with Crippen molar-refractivity contribution in [2.75, 3.05) is 13.1 Å². The van der Waals surface area contributed by atoms with Crippen LogP contribution in [0.2, 0.25) is 0 Å². The second-order valence-electron chi connectivity index (χ2n) is 5.34. The fourth-order valence-electron chi connectivity index (χ4n) is 2.58. The Labute approximate surface area is 125 Å². The third-order valence-electron chi connectivity index (χ3n) is 3.73. The maximum Gasteiger partial charge on any atom is 0.123 e. The predicted molar refractivity (Wildman–Crippen MR) is 79.3 cm³/mol. The number of fused-ring (bicyclic) bond motifs is 1. The van der Waals surface area contributed by atoms with Crippen LogP contribution in [0.1, 0.15) is 17.5 Å². The highest BCUT2D eigenvalue weighted by Gasteiger charge is 2.21. The summed E-state index contributed by atoms with van der Waals surface area (Å²) < 4.78 is 5.92. The van der Waals surface area contributed by atoms with Gasteiger partial charge in [-0.25, -0.2) is 0 Å². The molecule has 1 aromatic carbocycles. The number of aromatic nitrogens is 1. The van der Waals surface area contributed by atoms with Crippen molar-refractivity contribution in [2.24, 2.45) is 0 Å². The molecule has 2 aromatic rings. The Hall–Kier alpha value is -1.91. The number of nitrogens with zero attached hydrogens (tertiary/aromatic N) is 2. The lowest BCUT2D eigenvalue weighted by molar-refractivity contribution is -0.110. The zero-order chi connectivity index (χ0) is 14.5. The van der Waals surface area contributed by atoms with E-state index < -0.39 is 0 Å². The van der Waals surface area contributed by atoms with Crippen LogP contribution in [-0.4, -0.2) is 34.4 Å². The van der Waals surface area contributed by atoms with Crippen LogP contribution in [0, 0.1) is 6.07 Å². The third kappa shape index (κ3) is 3.80. The average molecular weight is 283 g/mol. The molecule has 1 radical (unpaired) electrons. The van der Waals surface area contributed by atoms with Gasteiger partial charge in [0.1, 0.15) is 11.9 Å². The molecule has 1 aliphatic heterocycles. The predicted octanol–water partition coefficient (Wildman–Crippen LogP) is 2.51. The molecule has 1 aliphatic rings. The Morgan fingerprint density at radius 2 is 2.38 bits per heavy atom. The van der Waals surface area contributed by atoms with Crippen LogP contribution >= 0.6 is 0 Å². The second kappa shape index (κ2) is 6.70. The number of aryl methyl sites for hydroxylation is 1. The zero-order valence-electron chi connectivity index (χ0n) is 11.9. The number of rotatable bonds is 5. The molecule has 0 unspecified atom stereocenters. The van der Waals surface area contributed by atoms with Gasteiger partial charge >= 0.3 is 0 Å². The number of hydrogen-bond acceptors (Lipinski definition) is 4. The van der Waals surface area contributed by atoms with Crippen LogP contribution in [0.5, 0.6) is 5.75 Å². The molecule has 0 aliphatic carbocycles. The first-order valence-corrected chi connectivity index (χ1v) is 7.29. The molecule has 21 heavy (non-hydrogen) atoms. The number of hydrogen-bond donors (Lipinski definition) is 1. The molecular formula is C17H19N2O2. The average Bonchev–Trinajstić information content (AvgIpc) is 2.54. The maximum absolute atomic E-state index is 10.0. The lowest BCUT2D eigenvalue weighted by Crippen LogP contribution is -2.36. The highest BCUT2D eigenvalue weighted by atomic mass is 16.5. The van der Waals surface area contributed by atoms with E-state index >= 15 is 0 Å². The Bertz CT molecular complexity index is 574. The minimum Gasteiger partial charge on any atom is -0.489 e. The molecule has 109 valence electrons. The summed E-state index contributed by atoms with van der Waals surface area (Å²) in [6.45, 7) is 1.11. The molecule has 0 amide bonds. The van der Waals surface area contributed by atoms with E-state index in [1.165, 1.54) is 10.6 Å². The van der Waals surface area contributed by atoms with E-state index in [0.717, 1.165) is 30.6 Å². The van der Waals surface area contributed by atoms with Crippen molar-refractivity contribution in [3.8, 4) is 5.75 Å². The van der Waals surface area contributed by atoms with E-state index in [1.54, 1.807) is 6.20 Å². The largest absolute Gasteiger partial charge is 0.489 e. The molecule has 2 heterocycles. The van der Waals surface area contributed by atoms with E-state index in [2.05, 4.69) is 11.1 Å². The van der Waals surface area contributed by atoms with E-state index in [-0.39, 0.29) is 6.10 Å². The number of benzene rings is 1. The molecule has 1 atom stereocenters. The highest BCUT2D eigenvalue weighted by molar-refractivity contribution is 5.34. The molecule has 1 aromatic heterocycles. The standard InChI is InChI=1S/C17H19N2O2/c20-19(11-9-14-4-3-10-18-12-14)13-16-8-7-15-5-1-2-6-17(15)21-16/h2-6,10,12,16,20H,7-9,11,13H2/t16-/m1/s1. The van der Waals surface area contributed by atoms with Gasteiger partial charge in [0.05, 0.1) is 6.54 Å². The molecule has 0 fully saturated rings. The van der Waals surface area contributed by atoms with E-state index in [4.69, 9.17) is 4.74 Å². The van der Waals surface area contributed by atoms with Crippen molar-refractivity contribution in [1.29, 1.82) is 0 Å². The minimum atomic E-state index is 0.0406. The Morgan fingerprint density at radius 3 is 3.24 bits per heavy atom. The molecule has 4 heteroatoms. The van der Waals surface area contributed by atoms with Gasteiger partial charge in [-0.15, -0.1) is 0 Å². The summed E-state index contributed by atoms with van der Waals surface area (Å²) in [6, 6.07) is 12.8. The van der Waals surface area contributed by atoms with Gasteiger partial charge in [0.2, 0.25) is 0 Å². The summed E-state index contributed by atoms with van der Waals surface area (Å²) in [7, 11) is 0. The van der Waals surface area contributed by atoms with Crippen LogP contribution in [0.3, 0.4) is 0 Å². The molecular weight excluding hydrogens is 264 g/mol. The number of pyridine rings is 1. The van der Waals surface area contributed by atoms with Crippen molar-refractivity contribution >= 4 is 0 Å². The summed E-state index contributed by atoms with van der Waals surface area (Å²) in [5, 5.41) is 11.4. The molecule has 0 saturated heterocycles. The van der Waals surface area contributed by atoms with Gasteiger partial charge in [0.25, 0.3) is 0 Å². The molecule has 1 N–H and O–H groups in total. The summed E-state index contributed by atoms with van der Waals surface area (Å²) in [6.07, 6.45) is 6.31. The summed E-state index contributed by atoms with van der Waals surface area (Å²) in [4.78, 5) is 4.08. The fraction of sp³-hybridized carbons (Fsp3) is 0.353. The maximum atomic E-state index is 10.0. The van der Waals surface area contributed by atoms with Crippen molar-refractivity contribution in [2.45, 2.75) is 25.4 Å². The van der Waals surface area contributed by atoms with Gasteiger partial charge < -0.3 is 9.94 Å². The smallest absolute Gasteiger partial charge is 0.123 e. The van der Waals surface area contributed by atoms with Gasteiger partial charge in [-0.2, -0.15) is 5.06 Å². The van der Waals surface area contributed by atoms with Crippen molar-refractivity contribution in [3.05, 3.63) is 59.9 Å². The van der Waals surface area contributed by atoms with E-state index in [9.17, 15) is 5.21 Å². The topological polar surface area (TPSA) is 45.6 Å². The SMILES string of the molecule is ON(CCc1cccnc1)C[C@H]1CCc2c[c]ccc2O1. The van der Waals surface area contributed by atoms with Crippen LogP contribution in [0.25, 0.3) is 0 Å². The van der Waals surface area contributed by atoms with E-state index in [1.807, 2.05) is 36.5 Å². The van der Waals surface area contributed by atoms with Crippen LogP contribution in [0.15, 0.2) is 42.7 Å². The number of ether oxygens (including phenoxy) is 1. The molecule has 0 bridgehead atoms. The third-order valence-corrected chi connectivity index (χ3v) is 3.73. The quantitative estimate of drug-likeness (QED) is 0.856. The first kappa shape index (κ1) is 14.0. The molecule has 0 spiro atoms. The van der Waals surface area contributed by atoms with E-state index in [0.29, 0.717) is 13.1 Å². The monoisotopic (exact) mass is 283 g/mol. The van der Waals surface area contributed by atoms with Gasteiger partial charge in [-0.05, 0) is 54.7 Å². The Balaban J connectivity index is 1.49. The first-order chi connectivity index (χ1) is 10.3. The van der Waals surface area contributed by atoms with Gasteiger partial charge in [0, 0.05) is 18.9 Å². The normalized spacial score (nSPS) is 17.3. The van der Waals surface area contributed by atoms with Crippen LogP contribution < -0.4 is 4.74 Å². The van der Waals surface area contributed by atoms with Crippen LogP contribution in [-0.2, 0) is 12.8 Å². The fourth-order valence-corrected chi connectivity index (χ4v) is 2.58. The summed E-state index contributed by atoms with van der Waals surface area (Å²) in [5.74, 6) is 0.922. The zero-order valence-corrected chi connectivity index (χ0v) is 11.9. The number of hydroxylamine groups is 2. The minimum absolute atomic E-state index is 0.0406. The van der Waals surface area contributed by atoms with Crippen molar-refractivity contribution in [1.82, 2.24) is 10.0 Å². The lowest BCUT2D eigenvalue weighted by atomic mass is 10.0. The van der Waals surface area contributed by atoms with Gasteiger partial charge in [-0.1, -0.05) is 12.1 Å². The lowest BCUT2D eigenvalue weighted by Gasteiger charge is -2.28. The molecule has 4 nitrogen and oxygen atoms in total. The Morgan fingerprint density at radius 1 is 1.43 bits per heavy atom. The second-order valence-corrected chi connectivity index (χ2v) is 5.34. The van der Waals surface area contributed by atoms with Crippen molar-refractivity contribution < 1.29 is 9.94 Å². The van der Waals surface area contributed by atoms with Gasteiger partial charge in [0.15, 0.2) is 0 Å². The van der Waals surface area contributed by atoms with Crippen molar-refractivity contribution in [3.63, 3.8) is 0 Å². The summed E-state index contributed by atoms with van der Waals surface area (Å²) >= 11 is 0. The molecule has 3 rings (SSSR count). The highest BCUT2D eigenvalue weighted by Crippen LogP contribution is 2.27. The first-order valence-electron chi connectivity index (χ1n) is 7.29. The Kier molecular flexibility index (Phi) is 4.48.